The first-order valence-corrected chi connectivity index (χ1v) is 7.75. The van der Waals surface area contributed by atoms with Crippen molar-refractivity contribution in [3.63, 3.8) is 0 Å². The fourth-order valence-electron chi connectivity index (χ4n) is 2.19. The van der Waals surface area contributed by atoms with Crippen molar-refractivity contribution in [1.82, 2.24) is 0 Å². The smallest absolute Gasteiger partial charge is 0.259 e. The zero-order chi connectivity index (χ0) is 12.8. The molecule has 2 heterocycles. The summed E-state index contributed by atoms with van der Waals surface area (Å²) >= 11 is 1.34. The van der Waals surface area contributed by atoms with Gasteiger partial charge in [0.15, 0.2) is 12.6 Å². The summed E-state index contributed by atoms with van der Waals surface area (Å²) in [7, 11) is -3.93. The summed E-state index contributed by atoms with van der Waals surface area (Å²) in [5.74, 6) is 0.281. The van der Waals surface area contributed by atoms with Gasteiger partial charge >= 0.3 is 0 Å². The van der Waals surface area contributed by atoms with Gasteiger partial charge in [-0.25, -0.2) is 13.6 Å². The van der Waals surface area contributed by atoms with E-state index in [0.717, 1.165) is 5.56 Å². The lowest BCUT2D eigenvalue weighted by atomic mass is 10.1. The highest BCUT2D eigenvalue weighted by molar-refractivity contribution is 8.04. The summed E-state index contributed by atoms with van der Waals surface area (Å²) < 4.78 is 34.5. The van der Waals surface area contributed by atoms with Crippen LogP contribution in [0.15, 0.2) is 41.5 Å². The highest BCUT2D eigenvalue weighted by atomic mass is 32.2. The monoisotopic (exact) mass is 285 g/mol. The molecule has 0 saturated carbocycles. The normalized spacial score (nSPS) is 30.7. The highest BCUT2D eigenvalue weighted by Crippen LogP contribution is 2.56. The topological polar surface area (TPSA) is 78.6 Å². The molecule has 1 aromatic carbocycles. The van der Waals surface area contributed by atoms with E-state index in [2.05, 4.69) is 0 Å². The van der Waals surface area contributed by atoms with Crippen LogP contribution in [0.4, 0.5) is 0 Å². The highest BCUT2D eigenvalue weighted by Gasteiger charge is 2.61. The summed E-state index contributed by atoms with van der Waals surface area (Å²) in [5, 5.41) is 6.58. The SMILES string of the molecule is NS(=O)(=O)C12OCOC1=CSC2c1ccccc1. The zero-order valence-corrected chi connectivity index (χ0v) is 10.9. The van der Waals surface area contributed by atoms with Crippen LogP contribution in [0.2, 0.25) is 0 Å². The van der Waals surface area contributed by atoms with Crippen LogP contribution >= 0.6 is 11.8 Å². The zero-order valence-electron chi connectivity index (χ0n) is 9.28. The fourth-order valence-corrected chi connectivity index (χ4v) is 5.06. The molecule has 1 aromatic rings. The molecule has 7 heteroatoms. The van der Waals surface area contributed by atoms with Gasteiger partial charge in [0.25, 0.3) is 4.93 Å². The second-order valence-electron chi connectivity index (χ2n) is 4.03. The minimum Gasteiger partial charge on any atom is -0.467 e. The number of primary sulfonamides is 1. The Hall–Kier alpha value is -1.02. The van der Waals surface area contributed by atoms with Crippen LogP contribution in [0.3, 0.4) is 0 Å². The third-order valence-corrected chi connectivity index (χ3v) is 5.79. The van der Waals surface area contributed by atoms with Crippen molar-refractivity contribution in [2.75, 3.05) is 6.79 Å². The predicted octanol–water partition coefficient (Wildman–Crippen LogP) is 1.31. The third-order valence-electron chi connectivity index (χ3n) is 3.01. The lowest BCUT2D eigenvalue weighted by Gasteiger charge is -2.27. The van der Waals surface area contributed by atoms with E-state index in [1.807, 2.05) is 30.3 Å². The van der Waals surface area contributed by atoms with Gasteiger partial charge in [-0.1, -0.05) is 30.3 Å². The molecule has 2 unspecified atom stereocenters. The van der Waals surface area contributed by atoms with E-state index in [0.29, 0.717) is 0 Å². The van der Waals surface area contributed by atoms with Crippen molar-refractivity contribution >= 4 is 21.8 Å². The number of thioether (sulfide) groups is 1. The Bertz CT molecular complexity index is 599. The largest absolute Gasteiger partial charge is 0.467 e. The quantitative estimate of drug-likeness (QED) is 0.886. The average Bonchev–Trinajstić information content (AvgIpc) is 2.87. The molecular weight excluding hydrogens is 274 g/mol. The van der Waals surface area contributed by atoms with E-state index >= 15 is 0 Å². The maximum Gasteiger partial charge on any atom is 0.259 e. The van der Waals surface area contributed by atoms with Crippen LogP contribution in [0.1, 0.15) is 10.8 Å². The first kappa shape index (κ1) is 12.0. The summed E-state index contributed by atoms with van der Waals surface area (Å²) in [6.07, 6.45) is 0. The number of benzene rings is 1. The number of fused-ring (bicyclic) bond motifs is 1. The van der Waals surface area contributed by atoms with Gasteiger partial charge in [0.1, 0.15) is 0 Å². The van der Waals surface area contributed by atoms with Crippen LogP contribution in [0, 0.1) is 0 Å². The molecule has 5 nitrogen and oxygen atoms in total. The second-order valence-corrected chi connectivity index (χ2v) is 6.70. The van der Waals surface area contributed by atoms with Crippen molar-refractivity contribution in [1.29, 1.82) is 0 Å². The fraction of sp³-hybridized carbons (Fsp3) is 0.273. The van der Waals surface area contributed by atoms with E-state index in [1.165, 1.54) is 11.8 Å². The predicted molar refractivity (Wildman–Crippen MR) is 67.7 cm³/mol. The minimum absolute atomic E-state index is 0.0911. The van der Waals surface area contributed by atoms with Gasteiger partial charge in [-0.2, -0.15) is 0 Å². The van der Waals surface area contributed by atoms with E-state index in [4.69, 9.17) is 14.6 Å². The lowest BCUT2D eigenvalue weighted by molar-refractivity contribution is 0.0307. The van der Waals surface area contributed by atoms with Crippen molar-refractivity contribution < 1.29 is 17.9 Å². The Labute approximate surface area is 109 Å². The Morgan fingerprint density at radius 3 is 2.72 bits per heavy atom. The van der Waals surface area contributed by atoms with Crippen LogP contribution in [0.5, 0.6) is 0 Å². The standard InChI is InChI=1S/C11H11NO4S2/c12-18(13,14)11-9(15-7-16-11)6-17-10(11)8-4-2-1-3-5-8/h1-6,10H,7H2,(H2,12,13,14). The summed E-state index contributed by atoms with van der Waals surface area (Å²) in [6.45, 7) is -0.0911. The van der Waals surface area contributed by atoms with E-state index in [1.54, 1.807) is 5.41 Å². The Morgan fingerprint density at radius 1 is 1.33 bits per heavy atom. The third kappa shape index (κ3) is 1.51. The van der Waals surface area contributed by atoms with Crippen molar-refractivity contribution in [3.05, 3.63) is 47.1 Å². The van der Waals surface area contributed by atoms with Gasteiger partial charge in [0.05, 0.1) is 5.25 Å². The molecule has 1 fully saturated rings. The molecule has 2 aliphatic rings. The maximum atomic E-state index is 11.9. The van der Waals surface area contributed by atoms with Crippen LogP contribution < -0.4 is 5.14 Å². The number of hydrogen-bond acceptors (Lipinski definition) is 5. The molecule has 1 saturated heterocycles. The molecule has 2 N–H and O–H groups in total. The number of sulfonamides is 1. The van der Waals surface area contributed by atoms with Gasteiger partial charge in [0, 0.05) is 5.41 Å². The van der Waals surface area contributed by atoms with Crippen molar-refractivity contribution in [2.45, 2.75) is 10.2 Å². The number of rotatable bonds is 2. The molecule has 0 amide bonds. The first-order valence-electron chi connectivity index (χ1n) is 5.26. The summed E-state index contributed by atoms with van der Waals surface area (Å²) in [5.41, 5.74) is 0.841. The van der Waals surface area contributed by atoms with Gasteiger partial charge in [-0.3, -0.25) is 0 Å². The second kappa shape index (κ2) is 3.99. The van der Waals surface area contributed by atoms with E-state index < -0.39 is 20.2 Å². The van der Waals surface area contributed by atoms with Crippen LogP contribution in [0.25, 0.3) is 0 Å². The van der Waals surface area contributed by atoms with Gasteiger partial charge in [0.2, 0.25) is 10.0 Å². The molecule has 0 aromatic heterocycles. The van der Waals surface area contributed by atoms with Gasteiger partial charge in [-0.15, -0.1) is 11.8 Å². The molecule has 96 valence electrons. The van der Waals surface area contributed by atoms with Crippen molar-refractivity contribution in [3.8, 4) is 0 Å². The molecule has 0 aliphatic carbocycles. The minimum atomic E-state index is -3.93. The van der Waals surface area contributed by atoms with E-state index in [9.17, 15) is 8.42 Å². The van der Waals surface area contributed by atoms with Crippen molar-refractivity contribution in [2.24, 2.45) is 5.14 Å². The number of nitrogens with two attached hydrogens (primary N) is 1. The molecule has 0 radical (unpaired) electrons. The molecule has 2 aliphatic heterocycles. The molecule has 3 rings (SSSR count). The number of hydrogen-bond donors (Lipinski definition) is 1. The van der Waals surface area contributed by atoms with Gasteiger partial charge in [-0.05, 0) is 5.56 Å². The molecular formula is C11H11NO4S2. The maximum absolute atomic E-state index is 11.9. The molecule has 18 heavy (non-hydrogen) atoms. The lowest BCUT2D eigenvalue weighted by Crippen LogP contribution is -2.46. The summed E-state index contributed by atoms with van der Waals surface area (Å²) in [4.78, 5) is -1.58. The number of ether oxygens (including phenoxy) is 2. The molecule has 2 atom stereocenters. The van der Waals surface area contributed by atoms with Crippen LogP contribution in [-0.4, -0.2) is 20.1 Å². The Morgan fingerprint density at radius 2 is 2.06 bits per heavy atom. The average molecular weight is 285 g/mol. The summed E-state index contributed by atoms with van der Waals surface area (Å²) in [6, 6.07) is 9.26. The first-order chi connectivity index (χ1) is 8.56. The van der Waals surface area contributed by atoms with E-state index in [-0.39, 0.29) is 12.6 Å². The molecule has 0 bridgehead atoms. The molecule has 0 spiro atoms. The Kier molecular flexibility index (Phi) is 2.67. The Balaban J connectivity index is 2.14. The van der Waals surface area contributed by atoms with Crippen LogP contribution in [-0.2, 0) is 19.5 Å². The van der Waals surface area contributed by atoms with Gasteiger partial charge < -0.3 is 9.47 Å².